The minimum atomic E-state index is -3.33. The van der Waals surface area contributed by atoms with Gasteiger partial charge in [-0.25, -0.2) is 8.42 Å². The van der Waals surface area contributed by atoms with Gasteiger partial charge in [-0.2, -0.15) is 0 Å². The lowest BCUT2D eigenvalue weighted by molar-refractivity contribution is 0.102. The highest BCUT2D eigenvalue weighted by molar-refractivity contribution is 7.93. The SMILES string of the molecule is COc1ccc(N2CCCS2(=O)=O)cc1NC(=O)c1cccc(OC)c1OC. The van der Waals surface area contributed by atoms with Gasteiger partial charge in [0, 0.05) is 6.54 Å². The van der Waals surface area contributed by atoms with E-state index < -0.39 is 15.9 Å². The second-order valence-corrected chi connectivity index (χ2v) is 8.13. The summed E-state index contributed by atoms with van der Waals surface area (Å²) in [6, 6.07) is 9.85. The lowest BCUT2D eigenvalue weighted by Gasteiger charge is -2.19. The van der Waals surface area contributed by atoms with Crippen LogP contribution in [-0.4, -0.2) is 48.0 Å². The van der Waals surface area contributed by atoms with Crippen molar-refractivity contribution < 1.29 is 27.4 Å². The highest BCUT2D eigenvalue weighted by Gasteiger charge is 2.29. The molecule has 3 rings (SSSR count). The number of carbonyl (C=O) groups excluding carboxylic acids is 1. The van der Waals surface area contributed by atoms with Crippen LogP contribution in [0.3, 0.4) is 0 Å². The second kappa shape index (κ2) is 7.97. The topological polar surface area (TPSA) is 94.2 Å². The Morgan fingerprint density at radius 1 is 1.04 bits per heavy atom. The number of hydrogen-bond donors (Lipinski definition) is 1. The number of nitrogens with zero attached hydrogens (tertiary/aromatic N) is 1. The zero-order valence-corrected chi connectivity index (χ0v) is 16.7. The van der Waals surface area contributed by atoms with Gasteiger partial charge in [0.25, 0.3) is 5.91 Å². The molecule has 9 heteroatoms. The number of sulfonamides is 1. The van der Waals surface area contributed by atoms with E-state index in [2.05, 4.69) is 5.32 Å². The van der Waals surface area contributed by atoms with Gasteiger partial charge in [0.2, 0.25) is 10.0 Å². The molecule has 1 aliphatic heterocycles. The van der Waals surface area contributed by atoms with Gasteiger partial charge in [-0.15, -0.1) is 0 Å². The average Bonchev–Trinajstić information content (AvgIpc) is 3.06. The Labute approximate surface area is 164 Å². The molecule has 0 unspecified atom stereocenters. The minimum absolute atomic E-state index is 0.113. The van der Waals surface area contributed by atoms with Gasteiger partial charge in [-0.3, -0.25) is 9.10 Å². The molecular formula is C19H22N2O6S. The molecule has 2 aromatic rings. The van der Waals surface area contributed by atoms with Gasteiger partial charge in [-0.05, 0) is 36.8 Å². The number of ether oxygens (including phenoxy) is 3. The first kappa shape index (κ1) is 19.8. The van der Waals surface area contributed by atoms with Gasteiger partial charge in [0.15, 0.2) is 11.5 Å². The van der Waals surface area contributed by atoms with Crippen molar-refractivity contribution in [3.63, 3.8) is 0 Å². The van der Waals surface area contributed by atoms with E-state index in [-0.39, 0.29) is 11.3 Å². The van der Waals surface area contributed by atoms with Crippen LogP contribution >= 0.6 is 0 Å². The van der Waals surface area contributed by atoms with Gasteiger partial charge < -0.3 is 19.5 Å². The van der Waals surface area contributed by atoms with Crippen molar-refractivity contribution in [3.8, 4) is 17.2 Å². The normalized spacial score (nSPS) is 15.2. The molecule has 0 saturated carbocycles. The molecule has 0 aromatic heterocycles. The lowest BCUT2D eigenvalue weighted by Crippen LogP contribution is -2.25. The van der Waals surface area contributed by atoms with Crippen LogP contribution in [-0.2, 0) is 10.0 Å². The summed E-state index contributed by atoms with van der Waals surface area (Å²) in [5, 5.41) is 2.77. The Bertz CT molecular complexity index is 990. The summed E-state index contributed by atoms with van der Waals surface area (Å²) >= 11 is 0. The number of amides is 1. The molecular weight excluding hydrogens is 384 g/mol. The first-order valence-electron chi connectivity index (χ1n) is 8.62. The van der Waals surface area contributed by atoms with E-state index in [1.807, 2.05) is 0 Å². The summed E-state index contributed by atoms with van der Waals surface area (Å²) in [5.74, 6) is 0.826. The quantitative estimate of drug-likeness (QED) is 0.792. The predicted octanol–water partition coefficient (Wildman–Crippen LogP) is 2.50. The average molecular weight is 406 g/mol. The molecule has 2 aromatic carbocycles. The van der Waals surface area contributed by atoms with Crippen LogP contribution in [0.25, 0.3) is 0 Å². The van der Waals surface area contributed by atoms with E-state index in [9.17, 15) is 13.2 Å². The van der Waals surface area contributed by atoms with Crippen LogP contribution in [0.5, 0.6) is 17.2 Å². The van der Waals surface area contributed by atoms with E-state index >= 15 is 0 Å². The van der Waals surface area contributed by atoms with Gasteiger partial charge in [0.05, 0.1) is 44.0 Å². The first-order valence-corrected chi connectivity index (χ1v) is 10.2. The number of carbonyl (C=O) groups is 1. The molecule has 1 heterocycles. The largest absolute Gasteiger partial charge is 0.495 e. The monoisotopic (exact) mass is 406 g/mol. The molecule has 1 aliphatic rings. The van der Waals surface area contributed by atoms with E-state index in [4.69, 9.17) is 14.2 Å². The van der Waals surface area contributed by atoms with Crippen molar-refractivity contribution in [2.45, 2.75) is 6.42 Å². The number of para-hydroxylation sites is 1. The minimum Gasteiger partial charge on any atom is -0.495 e. The van der Waals surface area contributed by atoms with Crippen molar-refractivity contribution in [1.29, 1.82) is 0 Å². The van der Waals surface area contributed by atoms with Crippen molar-refractivity contribution in [3.05, 3.63) is 42.0 Å². The molecule has 8 nitrogen and oxygen atoms in total. The van der Waals surface area contributed by atoms with Crippen molar-refractivity contribution in [1.82, 2.24) is 0 Å². The fourth-order valence-electron chi connectivity index (χ4n) is 3.13. The van der Waals surface area contributed by atoms with Crippen LogP contribution in [0.15, 0.2) is 36.4 Å². The summed E-state index contributed by atoms with van der Waals surface area (Å²) in [5.41, 5.74) is 1.12. The van der Waals surface area contributed by atoms with E-state index in [0.717, 1.165) is 0 Å². The summed E-state index contributed by atoms with van der Waals surface area (Å²) in [4.78, 5) is 12.9. The van der Waals surface area contributed by atoms with E-state index in [1.54, 1.807) is 36.4 Å². The molecule has 28 heavy (non-hydrogen) atoms. The fraction of sp³-hybridized carbons (Fsp3) is 0.316. The van der Waals surface area contributed by atoms with E-state index in [1.165, 1.54) is 25.6 Å². The maximum absolute atomic E-state index is 12.9. The molecule has 0 aliphatic carbocycles. The number of benzene rings is 2. The Kier molecular flexibility index (Phi) is 5.64. The molecule has 1 amide bonds. The Morgan fingerprint density at radius 3 is 2.39 bits per heavy atom. The van der Waals surface area contributed by atoms with Crippen LogP contribution in [0, 0.1) is 0 Å². The van der Waals surface area contributed by atoms with Crippen LogP contribution in [0.1, 0.15) is 16.8 Å². The Balaban J connectivity index is 1.96. The highest BCUT2D eigenvalue weighted by Crippen LogP contribution is 2.35. The number of methoxy groups -OCH3 is 3. The molecule has 0 spiro atoms. The number of anilines is 2. The predicted molar refractivity (Wildman–Crippen MR) is 106 cm³/mol. The van der Waals surface area contributed by atoms with Crippen molar-refractivity contribution in [2.24, 2.45) is 0 Å². The van der Waals surface area contributed by atoms with Crippen LogP contribution < -0.4 is 23.8 Å². The van der Waals surface area contributed by atoms with Crippen molar-refractivity contribution in [2.75, 3.05) is 43.2 Å². The summed E-state index contributed by atoms with van der Waals surface area (Å²) in [6.07, 6.45) is 0.567. The zero-order chi connectivity index (χ0) is 20.3. The summed E-state index contributed by atoms with van der Waals surface area (Å²) < 4.78 is 41.6. The molecule has 1 N–H and O–H groups in total. The first-order chi connectivity index (χ1) is 13.4. The number of rotatable bonds is 6. The Hall–Kier alpha value is -2.94. The maximum Gasteiger partial charge on any atom is 0.259 e. The summed E-state index contributed by atoms with van der Waals surface area (Å²) in [7, 11) is 1.08. The molecule has 0 radical (unpaired) electrons. The molecule has 150 valence electrons. The molecule has 1 saturated heterocycles. The highest BCUT2D eigenvalue weighted by atomic mass is 32.2. The number of nitrogens with one attached hydrogen (secondary N) is 1. The molecule has 0 bridgehead atoms. The van der Waals surface area contributed by atoms with E-state index in [0.29, 0.717) is 41.6 Å². The standard InChI is InChI=1S/C19H22N2O6S/c1-25-16-9-8-13(21-10-5-11-28(21,23)24)12-15(16)20-19(22)14-6-4-7-17(26-2)18(14)27-3/h4,6-9,12H,5,10-11H2,1-3H3,(H,20,22). The van der Waals surface area contributed by atoms with Gasteiger partial charge in [0.1, 0.15) is 5.75 Å². The zero-order valence-electron chi connectivity index (χ0n) is 15.9. The smallest absolute Gasteiger partial charge is 0.259 e. The summed E-state index contributed by atoms with van der Waals surface area (Å²) in [6.45, 7) is 0.408. The van der Waals surface area contributed by atoms with Crippen molar-refractivity contribution >= 4 is 27.3 Å². The second-order valence-electron chi connectivity index (χ2n) is 6.12. The molecule has 0 atom stereocenters. The number of hydrogen-bond acceptors (Lipinski definition) is 6. The maximum atomic E-state index is 12.9. The third-order valence-electron chi connectivity index (χ3n) is 4.47. The van der Waals surface area contributed by atoms with Gasteiger partial charge >= 0.3 is 0 Å². The molecule has 1 fully saturated rings. The third kappa shape index (κ3) is 3.70. The van der Waals surface area contributed by atoms with Crippen LogP contribution in [0.4, 0.5) is 11.4 Å². The van der Waals surface area contributed by atoms with Crippen LogP contribution in [0.2, 0.25) is 0 Å². The third-order valence-corrected chi connectivity index (χ3v) is 6.34. The lowest BCUT2D eigenvalue weighted by atomic mass is 10.1. The Morgan fingerprint density at radius 2 is 1.79 bits per heavy atom. The van der Waals surface area contributed by atoms with Gasteiger partial charge in [-0.1, -0.05) is 6.07 Å². The fourth-order valence-corrected chi connectivity index (χ4v) is 4.69.